The molecular weight excluding hydrogens is 352 g/mol. The van der Waals surface area contributed by atoms with Gasteiger partial charge in [-0.2, -0.15) is 11.3 Å². The van der Waals surface area contributed by atoms with E-state index in [9.17, 15) is 9.59 Å². The molecule has 0 fully saturated rings. The Balaban J connectivity index is 1.73. The van der Waals surface area contributed by atoms with Crippen molar-refractivity contribution in [2.45, 2.75) is 13.5 Å². The van der Waals surface area contributed by atoms with Crippen molar-refractivity contribution in [1.29, 1.82) is 0 Å². The second-order valence-corrected chi connectivity index (χ2v) is 6.18. The fraction of sp³-hybridized carbons (Fsp3) is 0.100. The van der Waals surface area contributed by atoms with E-state index in [1.807, 2.05) is 16.8 Å². The Kier molecular flexibility index (Phi) is 5.66. The first kappa shape index (κ1) is 17.7. The maximum absolute atomic E-state index is 11.3. The van der Waals surface area contributed by atoms with Gasteiger partial charge in [-0.05, 0) is 58.8 Å². The molecule has 0 aliphatic rings. The molecule has 0 spiro atoms. The molecule has 132 valence electrons. The van der Waals surface area contributed by atoms with E-state index in [2.05, 4.69) is 0 Å². The molecule has 1 aromatic heterocycles. The molecule has 0 aliphatic carbocycles. The standard InChI is InChI=1S/C20H16O5S/c1-14(22)24-17-4-6-18(7-5-17)25-20-10-19(3-2-16(20)11-21)23-12-15-8-9-26-13-15/h2-11,13H,12H2,1H3. The van der Waals surface area contributed by atoms with Crippen LogP contribution in [0.2, 0.25) is 0 Å². The number of ether oxygens (including phenoxy) is 3. The molecule has 26 heavy (non-hydrogen) atoms. The summed E-state index contributed by atoms with van der Waals surface area (Å²) >= 11 is 1.61. The Labute approximate surface area is 154 Å². The van der Waals surface area contributed by atoms with Crippen molar-refractivity contribution in [2.75, 3.05) is 0 Å². The second-order valence-electron chi connectivity index (χ2n) is 5.40. The van der Waals surface area contributed by atoms with Gasteiger partial charge < -0.3 is 14.2 Å². The predicted octanol–water partition coefficient (Wildman–Crippen LogP) is 4.86. The van der Waals surface area contributed by atoms with Crippen LogP contribution in [0.5, 0.6) is 23.0 Å². The molecule has 0 radical (unpaired) electrons. The van der Waals surface area contributed by atoms with Crippen molar-refractivity contribution in [3.63, 3.8) is 0 Å². The van der Waals surface area contributed by atoms with E-state index in [0.717, 1.165) is 11.8 Å². The van der Waals surface area contributed by atoms with Crippen molar-refractivity contribution in [2.24, 2.45) is 0 Å². The quantitative estimate of drug-likeness (QED) is 0.339. The summed E-state index contributed by atoms with van der Waals surface area (Å²) < 4.78 is 16.5. The highest BCUT2D eigenvalue weighted by atomic mass is 32.1. The highest BCUT2D eigenvalue weighted by Gasteiger charge is 2.08. The van der Waals surface area contributed by atoms with Gasteiger partial charge in [0.25, 0.3) is 0 Å². The molecule has 6 heteroatoms. The minimum Gasteiger partial charge on any atom is -0.489 e. The first-order chi connectivity index (χ1) is 12.6. The summed E-state index contributed by atoms with van der Waals surface area (Å²) in [7, 11) is 0. The van der Waals surface area contributed by atoms with Crippen LogP contribution in [0.25, 0.3) is 0 Å². The number of carbonyl (C=O) groups excluding carboxylic acids is 2. The molecule has 0 amide bonds. The van der Waals surface area contributed by atoms with Crippen LogP contribution < -0.4 is 14.2 Å². The fourth-order valence-corrected chi connectivity index (χ4v) is 2.85. The molecule has 0 saturated carbocycles. The number of hydrogen-bond acceptors (Lipinski definition) is 6. The average molecular weight is 368 g/mol. The summed E-state index contributed by atoms with van der Waals surface area (Å²) in [4.78, 5) is 22.2. The average Bonchev–Trinajstić information content (AvgIpc) is 3.15. The summed E-state index contributed by atoms with van der Waals surface area (Å²) in [5.41, 5.74) is 1.50. The normalized spacial score (nSPS) is 10.2. The van der Waals surface area contributed by atoms with Crippen molar-refractivity contribution >= 4 is 23.6 Å². The fourth-order valence-electron chi connectivity index (χ4n) is 2.20. The van der Waals surface area contributed by atoms with Gasteiger partial charge in [0.1, 0.15) is 29.6 Å². The van der Waals surface area contributed by atoms with Gasteiger partial charge in [0, 0.05) is 13.0 Å². The van der Waals surface area contributed by atoms with Crippen molar-refractivity contribution < 1.29 is 23.8 Å². The monoisotopic (exact) mass is 368 g/mol. The van der Waals surface area contributed by atoms with Gasteiger partial charge in [-0.1, -0.05) is 0 Å². The van der Waals surface area contributed by atoms with Gasteiger partial charge in [0.15, 0.2) is 6.29 Å². The molecule has 3 aromatic rings. The lowest BCUT2D eigenvalue weighted by atomic mass is 10.2. The zero-order chi connectivity index (χ0) is 18.4. The smallest absolute Gasteiger partial charge is 0.308 e. The lowest BCUT2D eigenvalue weighted by molar-refractivity contribution is -0.131. The SMILES string of the molecule is CC(=O)Oc1ccc(Oc2cc(OCc3ccsc3)ccc2C=O)cc1. The van der Waals surface area contributed by atoms with Crippen LogP contribution in [-0.4, -0.2) is 12.3 Å². The Hall–Kier alpha value is -3.12. The Bertz CT molecular complexity index is 885. The number of hydrogen-bond donors (Lipinski definition) is 0. The molecule has 0 saturated heterocycles. The third kappa shape index (κ3) is 4.70. The Morgan fingerprint density at radius 3 is 2.42 bits per heavy atom. The molecule has 1 heterocycles. The largest absolute Gasteiger partial charge is 0.489 e. The topological polar surface area (TPSA) is 61.8 Å². The van der Waals surface area contributed by atoms with Gasteiger partial charge in [0.2, 0.25) is 0 Å². The van der Waals surface area contributed by atoms with Crippen LogP contribution in [-0.2, 0) is 11.4 Å². The number of esters is 1. The number of benzene rings is 2. The van der Waals surface area contributed by atoms with E-state index < -0.39 is 5.97 Å². The molecule has 0 bridgehead atoms. The van der Waals surface area contributed by atoms with Crippen molar-refractivity contribution in [3.05, 3.63) is 70.4 Å². The zero-order valence-corrected chi connectivity index (χ0v) is 14.8. The van der Waals surface area contributed by atoms with E-state index in [-0.39, 0.29) is 0 Å². The Morgan fingerprint density at radius 1 is 1.04 bits per heavy atom. The van der Waals surface area contributed by atoms with Crippen LogP contribution in [0.3, 0.4) is 0 Å². The maximum Gasteiger partial charge on any atom is 0.308 e. The van der Waals surface area contributed by atoms with Gasteiger partial charge in [-0.25, -0.2) is 0 Å². The molecule has 5 nitrogen and oxygen atoms in total. The molecule has 0 aliphatic heterocycles. The Morgan fingerprint density at radius 2 is 1.77 bits per heavy atom. The molecular formula is C20H16O5S. The predicted molar refractivity (Wildman–Crippen MR) is 98.3 cm³/mol. The van der Waals surface area contributed by atoms with Gasteiger partial charge in [-0.15, -0.1) is 0 Å². The van der Waals surface area contributed by atoms with Crippen LogP contribution in [0, 0.1) is 0 Å². The minimum absolute atomic E-state index is 0.391. The van der Waals surface area contributed by atoms with Crippen molar-refractivity contribution in [3.8, 4) is 23.0 Å². The molecule has 0 N–H and O–H groups in total. The van der Waals surface area contributed by atoms with Crippen LogP contribution in [0.1, 0.15) is 22.8 Å². The van der Waals surface area contributed by atoms with E-state index in [4.69, 9.17) is 14.2 Å². The summed E-state index contributed by atoms with van der Waals surface area (Å²) in [6, 6.07) is 13.6. The second kappa shape index (κ2) is 8.31. The first-order valence-corrected chi connectivity index (χ1v) is 8.78. The van der Waals surface area contributed by atoms with Gasteiger partial charge in [0.05, 0.1) is 5.56 Å². The van der Waals surface area contributed by atoms with Gasteiger partial charge in [-0.3, -0.25) is 9.59 Å². The summed E-state index contributed by atoms with van der Waals surface area (Å²) in [5, 5.41) is 4.00. The first-order valence-electron chi connectivity index (χ1n) is 7.83. The number of thiophene rings is 1. The van der Waals surface area contributed by atoms with E-state index in [1.54, 1.807) is 53.8 Å². The summed E-state index contributed by atoms with van der Waals surface area (Å²) in [5.74, 6) is 1.54. The van der Waals surface area contributed by atoms with E-state index >= 15 is 0 Å². The van der Waals surface area contributed by atoms with Gasteiger partial charge >= 0.3 is 5.97 Å². The number of rotatable bonds is 7. The minimum atomic E-state index is -0.391. The van der Waals surface area contributed by atoms with E-state index in [1.165, 1.54) is 6.92 Å². The molecule has 0 unspecified atom stereocenters. The highest BCUT2D eigenvalue weighted by molar-refractivity contribution is 7.07. The van der Waals surface area contributed by atoms with E-state index in [0.29, 0.717) is 35.2 Å². The zero-order valence-electron chi connectivity index (χ0n) is 14.0. The molecule has 2 aromatic carbocycles. The van der Waals surface area contributed by atoms with Crippen LogP contribution in [0.15, 0.2) is 59.3 Å². The summed E-state index contributed by atoms with van der Waals surface area (Å²) in [6.45, 7) is 1.78. The lowest BCUT2D eigenvalue weighted by Crippen LogP contribution is -2.01. The number of aldehydes is 1. The highest BCUT2D eigenvalue weighted by Crippen LogP contribution is 2.30. The molecule has 3 rings (SSSR count). The summed E-state index contributed by atoms with van der Waals surface area (Å²) in [6.07, 6.45) is 0.727. The van der Waals surface area contributed by atoms with Crippen LogP contribution >= 0.6 is 11.3 Å². The molecule has 0 atom stereocenters. The number of carbonyl (C=O) groups is 2. The third-order valence-electron chi connectivity index (χ3n) is 3.41. The maximum atomic E-state index is 11.3. The lowest BCUT2D eigenvalue weighted by Gasteiger charge is -2.11. The van der Waals surface area contributed by atoms with Crippen LogP contribution in [0.4, 0.5) is 0 Å². The van der Waals surface area contributed by atoms with Crippen molar-refractivity contribution in [1.82, 2.24) is 0 Å². The third-order valence-corrected chi connectivity index (χ3v) is 4.14.